The molecule has 0 fully saturated rings. The smallest absolute Gasteiger partial charge is 0.422 e. The van der Waals surface area contributed by atoms with Crippen molar-refractivity contribution in [3.63, 3.8) is 0 Å². The van der Waals surface area contributed by atoms with Crippen molar-refractivity contribution >= 4 is 10.8 Å². The van der Waals surface area contributed by atoms with Gasteiger partial charge in [0.05, 0.1) is 12.8 Å². The Morgan fingerprint density at radius 3 is 2.27 bits per heavy atom. The molecule has 0 saturated carbocycles. The number of nitrogens with zero attached hydrogens (tertiary/aromatic N) is 1. The number of benzene rings is 3. The average Bonchev–Trinajstić information content (AvgIpc) is 2.93. The van der Waals surface area contributed by atoms with Crippen LogP contribution in [0.15, 0.2) is 66.9 Å². The maximum Gasteiger partial charge on any atom is 0.422 e. The molecular weight excluding hydrogens is 525 g/mol. The molecule has 1 heterocycles. The summed E-state index contributed by atoms with van der Waals surface area (Å²) in [4.78, 5) is 4.49. The van der Waals surface area contributed by atoms with Crippen LogP contribution in [0.5, 0.6) is 11.5 Å². The maximum absolute atomic E-state index is 15.3. The number of unbranched alkanes of at least 4 members (excludes halogenated alkanes) is 2. The Morgan fingerprint density at radius 1 is 0.775 bits per heavy atom. The van der Waals surface area contributed by atoms with Crippen molar-refractivity contribution in [1.82, 2.24) is 4.98 Å². The van der Waals surface area contributed by atoms with Crippen LogP contribution in [-0.4, -0.2) is 24.4 Å². The Labute approximate surface area is 231 Å². The summed E-state index contributed by atoms with van der Waals surface area (Å²) in [6.45, 7) is 1.29. The van der Waals surface area contributed by atoms with Gasteiger partial charge >= 0.3 is 6.18 Å². The molecule has 0 spiro atoms. The molecule has 0 aliphatic heterocycles. The van der Waals surface area contributed by atoms with E-state index >= 15 is 4.39 Å². The third-order valence-corrected chi connectivity index (χ3v) is 6.65. The summed E-state index contributed by atoms with van der Waals surface area (Å²) in [5.41, 5.74) is 3.05. The quantitative estimate of drug-likeness (QED) is 0.122. The highest BCUT2D eigenvalue weighted by Crippen LogP contribution is 2.26. The van der Waals surface area contributed by atoms with Gasteiger partial charge in [-0.2, -0.15) is 13.2 Å². The van der Waals surface area contributed by atoms with Crippen molar-refractivity contribution in [2.45, 2.75) is 58.0 Å². The monoisotopic (exact) mass is 557 g/mol. The van der Waals surface area contributed by atoms with Crippen LogP contribution in [0.2, 0.25) is 0 Å². The van der Waals surface area contributed by atoms with Gasteiger partial charge in [0.1, 0.15) is 11.6 Å². The van der Waals surface area contributed by atoms with Gasteiger partial charge in [-0.1, -0.05) is 56.2 Å². The van der Waals surface area contributed by atoms with Crippen molar-refractivity contribution in [3.05, 3.63) is 101 Å². The lowest BCUT2D eigenvalue weighted by Crippen LogP contribution is -2.19. The summed E-state index contributed by atoms with van der Waals surface area (Å²) >= 11 is 0. The van der Waals surface area contributed by atoms with Gasteiger partial charge in [-0.15, -0.1) is 0 Å². The van der Waals surface area contributed by atoms with E-state index in [4.69, 9.17) is 4.74 Å². The first-order chi connectivity index (χ1) is 19.2. The van der Waals surface area contributed by atoms with Gasteiger partial charge in [0.2, 0.25) is 0 Å². The molecule has 3 aromatic carbocycles. The molecule has 40 heavy (non-hydrogen) atoms. The molecule has 1 aromatic heterocycles. The molecule has 0 bridgehead atoms. The van der Waals surface area contributed by atoms with Crippen LogP contribution in [0.3, 0.4) is 0 Å². The summed E-state index contributed by atoms with van der Waals surface area (Å²) in [6.07, 6.45) is 2.68. The number of aryl methyl sites for hydroxylation is 4. The Balaban J connectivity index is 1.33. The van der Waals surface area contributed by atoms with Gasteiger partial charge < -0.3 is 9.47 Å². The molecule has 3 nitrogen and oxygen atoms in total. The first-order valence-corrected chi connectivity index (χ1v) is 13.5. The largest absolute Gasteiger partial charge is 0.492 e. The van der Waals surface area contributed by atoms with Crippen LogP contribution >= 0.6 is 0 Å². The minimum absolute atomic E-state index is 0.315. The minimum Gasteiger partial charge on any atom is -0.492 e. The van der Waals surface area contributed by atoms with Gasteiger partial charge in [0.25, 0.3) is 0 Å². The van der Waals surface area contributed by atoms with E-state index in [0.29, 0.717) is 36.0 Å². The Bertz CT molecular complexity index is 1400. The fourth-order valence-corrected chi connectivity index (χ4v) is 4.45. The minimum atomic E-state index is -4.55. The molecule has 0 amide bonds. The van der Waals surface area contributed by atoms with Crippen LogP contribution in [-0.2, 0) is 25.7 Å². The molecule has 0 atom stereocenters. The SMILES string of the molecule is CCCCCOc1ccc(CCc2ccc3c(F)c(CCc4ccc(OCC(F)(F)F)c(F)c4)ccc3c2)nc1. The molecule has 0 unspecified atom stereocenters. The van der Waals surface area contributed by atoms with Gasteiger partial charge in [0, 0.05) is 11.1 Å². The number of hydrogen-bond acceptors (Lipinski definition) is 3. The average molecular weight is 558 g/mol. The fraction of sp³-hybridized carbons (Fsp3) is 0.344. The molecule has 4 aromatic rings. The third-order valence-electron chi connectivity index (χ3n) is 6.65. The van der Waals surface area contributed by atoms with Crippen LogP contribution in [0.1, 0.15) is 48.6 Å². The zero-order valence-electron chi connectivity index (χ0n) is 22.4. The summed E-state index contributed by atoms with van der Waals surface area (Å²) in [7, 11) is 0. The second-order valence-electron chi connectivity index (χ2n) is 9.80. The number of pyridine rings is 1. The number of aromatic nitrogens is 1. The molecule has 8 heteroatoms. The lowest BCUT2D eigenvalue weighted by Gasteiger charge is -2.11. The van der Waals surface area contributed by atoms with E-state index in [2.05, 4.69) is 16.6 Å². The van der Waals surface area contributed by atoms with E-state index in [1.165, 1.54) is 12.1 Å². The van der Waals surface area contributed by atoms with Crippen LogP contribution in [0.25, 0.3) is 10.8 Å². The van der Waals surface area contributed by atoms with Gasteiger partial charge in [-0.05, 0) is 78.4 Å². The number of rotatable bonds is 13. The molecule has 0 radical (unpaired) electrons. The van der Waals surface area contributed by atoms with Gasteiger partial charge in [-0.25, -0.2) is 8.78 Å². The van der Waals surface area contributed by atoms with E-state index in [1.54, 1.807) is 18.3 Å². The highest BCUT2D eigenvalue weighted by molar-refractivity contribution is 5.84. The summed E-state index contributed by atoms with van der Waals surface area (Å²) in [5, 5.41) is 1.30. The molecule has 0 saturated heterocycles. The normalized spacial score (nSPS) is 11.7. The van der Waals surface area contributed by atoms with E-state index < -0.39 is 24.3 Å². The predicted octanol–water partition coefficient (Wildman–Crippen LogP) is 8.59. The topological polar surface area (TPSA) is 31.4 Å². The van der Waals surface area contributed by atoms with E-state index in [-0.39, 0.29) is 5.82 Å². The van der Waals surface area contributed by atoms with Gasteiger partial charge in [-0.3, -0.25) is 4.98 Å². The molecule has 0 N–H and O–H groups in total. The number of alkyl halides is 3. The van der Waals surface area contributed by atoms with Crippen molar-refractivity contribution in [2.75, 3.05) is 13.2 Å². The third kappa shape index (κ3) is 8.41. The first kappa shape index (κ1) is 29.3. The van der Waals surface area contributed by atoms with Crippen molar-refractivity contribution in [1.29, 1.82) is 0 Å². The number of ether oxygens (including phenoxy) is 2. The van der Waals surface area contributed by atoms with Crippen molar-refractivity contribution < 1.29 is 31.4 Å². The second-order valence-corrected chi connectivity index (χ2v) is 9.80. The number of hydrogen-bond donors (Lipinski definition) is 0. The lowest BCUT2D eigenvalue weighted by atomic mass is 9.98. The van der Waals surface area contributed by atoms with Crippen molar-refractivity contribution in [3.8, 4) is 11.5 Å². The zero-order valence-corrected chi connectivity index (χ0v) is 22.4. The van der Waals surface area contributed by atoms with E-state index in [1.807, 2.05) is 30.3 Å². The number of fused-ring (bicyclic) bond motifs is 1. The molecule has 212 valence electrons. The van der Waals surface area contributed by atoms with Crippen LogP contribution in [0, 0.1) is 11.6 Å². The van der Waals surface area contributed by atoms with E-state index in [9.17, 15) is 17.6 Å². The second kappa shape index (κ2) is 13.6. The van der Waals surface area contributed by atoms with Crippen LogP contribution in [0.4, 0.5) is 22.0 Å². The standard InChI is InChI=1S/C32H32F5NO2/c1-2-3-4-17-39-27-14-13-26(38-20-27)12-6-22-7-15-28-25(18-22)11-10-24(31(28)34)9-5-23-8-16-30(29(33)19-23)40-21-32(35,36)37/h7-8,10-11,13-16,18-20H,2-6,9,12,17,21H2,1H3. The highest BCUT2D eigenvalue weighted by atomic mass is 19.4. The molecular formula is C32H32F5NO2. The molecule has 0 aliphatic carbocycles. The Morgan fingerprint density at radius 2 is 1.55 bits per heavy atom. The predicted molar refractivity (Wildman–Crippen MR) is 146 cm³/mol. The zero-order chi connectivity index (χ0) is 28.5. The van der Waals surface area contributed by atoms with Crippen LogP contribution < -0.4 is 9.47 Å². The van der Waals surface area contributed by atoms with Gasteiger partial charge in [0.15, 0.2) is 18.2 Å². The lowest BCUT2D eigenvalue weighted by molar-refractivity contribution is -0.153. The molecule has 0 aliphatic rings. The Kier molecular flexibility index (Phi) is 9.96. The number of halogens is 5. The summed E-state index contributed by atoms with van der Waals surface area (Å²) < 4.78 is 76.6. The fourth-order valence-electron chi connectivity index (χ4n) is 4.45. The molecule has 4 rings (SSSR count). The van der Waals surface area contributed by atoms with Crippen molar-refractivity contribution in [2.24, 2.45) is 0 Å². The first-order valence-electron chi connectivity index (χ1n) is 13.5. The summed E-state index contributed by atoms with van der Waals surface area (Å²) in [6, 6.07) is 16.9. The van der Waals surface area contributed by atoms with E-state index in [0.717, 1.165) is 60.6 Å². The Hall–Kier alpha value is -3.68. The summed E-state index contributed by atoms with van der Waals surface area (Å²) in [5.74, 6) is -0.900. The maximum atomic E-state index is 15.3. The highest BCUT2D eigenvalue weighted by Gasteiger charge is 2.29.